The van der Waals surface area contributed by atoms with Crippen LogP contribution in [-0.2, 0) is 9.53 Å². The highest BCUT2D eigenvalue weighted by molar-refractivity contribution is 9.09. The van der Waals surface area contributed by atoms with E-state index in [0.717, 1.165) is 19.3 Å². The molecule has 3 heteroatoms. The molecular weight excluding hydrogens is 220 g/mol. The molecule has 0 saturated heterocycles. The van der Waals surface area contributed by atoms with Gasteiger partial charge in [-0.1, -0.05) is 22.9 Å². The van der Waals surface area contributed by atoms with Gasteiger partial charge in [-0.15, -0.1) is 0 Å². The number of carbonyl (C=O) groups excluding carboxylic acids is 1. The van der Waals surface area contributed by atoms with Crippen LogP contribution in [0.15, 0.2) is 0 Å². The van der Waals surface area contributed by atoms with Crippen molar-refractivity contribution in [3.8, 4) is 0 Å². The number of rotatable bonds is 4. The average molecular weight is 235 g/mol. The summed E-state index contributed by atoms with van der Waals surface area (Å²) < 4.78 is 5.14. The molecule has 0 bridgehead atoms. The zero-order chi connectivity index (χ0) is 9.19. The maximum Gasteiger partial charge on any atom is 0.311 e. The first-order chi connectivity index (χ1) is 5.58. The van der Waals surface area contributed by atoms with Gasteiger partial charge in [0.1, 0.15) is 6.61 Å². The highest BCUT2D eigenvalue weighted by atomic mass is 79.9. The Bertz CT molecular complexity index is 175. The molecule has 0 N–H and O–H groups in total. The summed E-state index contributed by atoms with van der Waals surface area (Å²) in [7, 11) is 0. The highest BCUT2D eigenvalue weighted by Crippen LogP contribution is 2.46. The minimum atomic E-state index is -0.138. The van der Waals surface area contributed by atoms with Crippen LogP contribution in [-0.4, -0.2) is 17.4 Å². The molecule has 0 aromatic rings. The second kappa shape index (κ2) is 3.77. The van der Waals surface area contributed by atoms with Gasteiger partial charge in [0.15, 0.2) is 0 Å². The summed E-state index contributed by atoms with van der Waals surface area (Å²) in [6.07, 6.45) is 2.97. The van der Waals surface area contributed by atoms with E-state index < -0.39 is 0 Å². The summed E-state index contributed by atoms with van der Waals surface area (Å²) in [6.45, 7) is 4.53. The Morgan fingerprint density at radius 2 is 2.25 bits per heavy atom. The zero-order valence-electron chi connectivity index (χ0n) is 7.60. The highest BCUT2D eigenvalue weighted by Gasteiger charge is 2.46. The van der Waals surface area contributed by atoms with Crippen molar-refractivity contribution < 1.29 is 9.53 Å². The Labute approximate surface area is 81.8 Å². The summed E-state index contributed by atoms with van der Waals surface area (Å²) in [5.41, 5.74) is -0.138. The molecule has 1 rings (SSSR count). The Kier molecular flexibility index (Phi) is 3.16. The van der Waals surface area contributed by atoms with Crippen LogP contribution in [0.5, 0.6) is 0 Å². The molecule has 1 saturated carbocycles. The van der Waals surface area contributed by atoms with Crippen molar-refractivity contribution >= 4 is 21.9 Å². The van der Waals surface area contributed by atoms with Crippen LogP contribution in [0.3, 0.4) is 0 Å². The van der Waals surface area contributed by atoms with E-state index in [4.69, 9.17) is 4.74 Å². The summed E-state index contributed by atoms with van der Waals surface area (Å²) >= 11 is 3.42. The predicted octanol–water partition coefficient (Wildman–Crippen LogP) is 2.50. The second-order valence-corrected chi connectivity index (χ2v) is 4.96. The maximum atomic E-state index is 11.3. The van der Waals surface area contributed by atoms with Crippen molar-refractivity contribution in [1.29, 1.82) is 0 Å². The standard InChI is InChI=1S/C9H15BrO2/c1-3-7(10)6-12-8(11)9(2)4-5-9/h7H,3-6H2,1-2H3. The smallest absolute Gasteiger partial charge is 0.311 e. The van der Waals surface area contributed by atoms with E-state index in [2.05, 4.69) is 22.9 Å². The van der Waals surface area contributed by atoms with Gasteiger partial charge < -0.3 is 4.74 Å². The molecule has 0 radical (unpaired) electrons. The molecule has 0 aromatic heterocycles. The Morgan fingerprint density at radius 3 is 2.67 bits per heavy atom. The molecule has 0 aliphatic heterocycles. The van der Waals surface area contributed by atoms with Gasteiger partial charge >= 0.3 is 5.97 Å². The lowest BCUT2D eigenvalue weighted by molar-refractivity contribution is -0.149. The molecule has 1 unspecified atom stereocenters. The van der Waals surface area contributed by atoms with Gasteiger partial charge in [-0.25, -0.2) is 0 Å². The Morgan fingerprint density at radius 1 is 1.67 bits per heavy atom. The zero-order valence-corrected chi connectivity index (χ0v) is 9.19. The largest absolute Gasteiger partial charge is 0.464 e. The first kappa shape index (κ1) is 10.0. The van der Waals surface area contributed by atoms with E-state index in [1.807, 2.05) is 6.92 Å². The Hall–Kier alpha value is -0.0500. The van der Waals surface area contributed by atoms with Crippen molar-refractivity contribution in [2.45, 2.75) is 37.9 Å². The number of halogens is 1. The lowest BCUT2D eigenvalue weighted by atomic mass is 10.1. The van der Waals surface area contributed by atoms with E-state index >= 15 is 0 Å². The SMILES string of the molecule is CCC(Br)COC(=O)C1(C)CC1. The molecule has 2 nitrogen and oxygen atoms in total. The number of hydrogen-bond donors (Lipinski definition) is 0. The predicted molar refractivity (Wildman–Crippen MR) is 51.3 cm³/mol. The molecule has 1 fully saturated rings. The summed E-state index contributed by atoms with van der Waals surface area (Å²) in [4.78, 5) is 11.6. The maximum absolute atomic E-state index is 11.3. The monoisotopic (exact) mass is 234 g/mol. The fraction of sp³-hybridized carbons (Fsp3) is 0.889. The summed E-state index contributed by atoms with van der Waals surface area (Å²) in [6, 6.07) is 0. The van der Waals surface area contributed by atoms with Crippen molar-refractivity contribution in [2.75, 3.05) is 6.61 Å². The molecule has 70 valence electrons. The normalized spacial score (nSPS) is 21.6. The van der Waals surface area contributed by atoms with Gasteiger partial charge in [-0.05, 0) is 26.2 Å². The number of ether oxygens (including phenoxy) is 1. The third kappa shape index (κ3) is 2.47. The van der Waals surface area contributed by atoms with Gasteiger partial charge in [0.2, 0.25) is 0 Å². The number of hydrogen-bond acceptors (Lipinski definition) is 2. The molecular formula is C9H15BrO2. The minimum absolute atomic E-state index is 0.0274. The van der Waals surface area contributed by atoms with Crippen molar-refractivity contribution in [2.24, 2.45) is 5.41 Å². The van der Waals surface area contributed by atoms with Crippen LogP contribution >= 0.6 is 15.9 Å². The third-order valence-corrected chi connectivity index (χ3v) is 3.24. The van der Waals surface area contributed by atoms with Crippen LogP contribution in [0.1, 0.15) is 33.1 Å². The van der Waals surface area contributed by atoms with E-state index in [9.17, 15) is 4.79 Å². The molecule has 1 aliphatic rings. The van der Waals surface area contributed by atoms with Crippen molar-refractivity contribution in [3.63, 3.8) is 0 Å². The molecule has 1 atom stereocenters. The van der Waals surface area contributed by atoms with E-state index in [1.54, 1.807) is 0 Å². The lowest BCUT2D eigenvalue weighted by Crippen LogP contribution is -2.19. The number of alkyl halides is 1. The summed E-state index contributed by atoms with van der Waals surface area (Å²) in [5.74, 6) is -0.0274. The van der Waals surface area contributed by atoms with Crippen molar-refractivity contribution in [1.82, 2.24) is 0 Å². The van der Waals surface area contributed by atoms with Crippen LogP contribution in [0.25, 0.3) is 0 Å². The van der Waals surface area contributed by atoms with Crippen molar-refractivity contribution in [3.05, 3.63) is 0 Å². The minimum Gasteiger partial charge on any atom is -0.464 e. The first-order valence-corrected chi connectivity index (χ1v) is 5.31. The van der Waals surface area contributed by atoms with Gasteiger partial charge in [-0.2, -0.15) is 0 Å². The van der Waals surface area contributed by atoms with Gasteiger partial charge in [-0.3, -0.25) is 4.79 Å². The van der Waals surface area contributed by atoms with E-state index in [-0.39, 0.29) is 11.4 Å². The molecule has 0 aromatic carbocycles. The molecule has 0 amide bonds. The average Bonchev–Trinajstić information content (AvgIpc) is 2.80. The quantitative estimate of drug-likeness (QED) is 0.552. The fourth-order valence-corrected chi connectivity index (χ4v) is 0.982. The fourth-order valence-electron chi connectivity index (χ4n) is 0.850. The third-order valence-electron chi connectivity index (χ3n) is 2.33. The summed E-state index contributed by atoms with van der Waals surface area (Å²) in [5, 5.41) is 0. The first-order valence-electron chi connectivity index (χ1n) is 4.40. The second-order valence-electron chi connectivity index (χ2n) is 3.66. The van der Waals surface area contributed by atoms with Crippen LogP contribution in [0, 0.1) is 5.41 Å². The molecule has 12 heavy (non-hydrogen) atoms. The number of esters is 1. The molecule has 0 heterocycles. The molecule has 0 spiro atoms. The van der Waals surface area contributed by atoms with Crippen LogP contribution in [0.2, 0.25) is 0 Å². The van der Waals surface area contributed by atoms with E-state index in [0.29, 0.717) is 11.4 Å². The lowest BCUT2D eigenvalue weighted by Gasteiger charge is -2.11. The Balaban J connectivity index is 2.19. The van der Waals surface area contributed by atoms with Gasteiger partial charge in [0.25, 0.3) is 0 Å². The van der Waals surface area contributed by atoms with Gasteiger partial charge in [0.05, 0.1) is 5.41 Å². The van der Waals surface area contributed by atoms with Gasteiger partial charge in [0, 0.05) is 4.83 Å². The van der Waals surface area contributed by atoms with Crippen LogP contribution < -0.4 is 0 Å². The molecule has 1 aliphatic carbocycles. The topological polar surface area (TPSA) is 26.3 Å². The number of carbonyl (C=O) groups is 1. The van der Waals surface area contributed by atoms with E-state index in [1.165, 1.54) is 0 Å². The van der Waals surface area contributed by atoms with Crippen LogP contribution in [0.4, 0.5) is 0 Å².